The molecule has 0 N–H and O–H groups in total. The average molecular weight is 539 g/mol. The first-order chi connectivity index (χ1) is 19.7. The molecule has 3 nitrogen and oxygen atoms in total. The summed E-state index contributed by atoms with van der Waals surface area (Å²) in [5, 5.41) is 0. The second-order valence-corrected chi connectivity index (χ2v) is 12.7. The normalized spacial score (nSPS) is 22.9. The van der Waals surface area contributed by atoms with Crippen LogP contribution in [0.15, 0.2) is 71.4 Å². The Bertz CT molecular complexity index is 1050. The van der Waals surface area contributed by atoms with Crippen molar-refractivity contribution in [1.29, 1.82) is 0 Å². The number of aliphatic imine (C=N–C) groups is 1. The topological polar surface area (TPSA) is 24.8 Å². The second-order valence-electron chi connectivity index (χ2n) is 12.7. The summed E-state index contributed by atoms with van der Waals surface area (Å²) in [6.45, 7) is 7.13. The molecule has 0 aromatic heterocycles. The van der Waals surface area contributed by atoms with Crippen LogP contribution < -0.4 is 0 Å². The predicted octanol–water partition coefficient (Wildman–Crippen LogP) is 9.44. The Labute approximate surface area is 244 Å². The molecule has 0 bridgehead atoms. The van der Waals surface area contributed by atoms with E-state index in [4.69, 9.17) is 9.65 Å². The minimum atomic E-state index is 0.0558. The van der Waals surface area contributed by atoms with E-state index in [0.717, 1.165) is 18.0 Å². The van der Waals surface area contributed by atoms with E-state index in [1.54, 1.807) is 0 Å². The third kappa shape index (κ3) is 6.93. The molecule has 1 unspecified atom stereocenters. The SMILES string of the molecule is CCCCB1OC(=C(c2ccccc2)c2ccccc2)C(C=N[C@@H](C)C2CCCCC2)N1[C@@H](C)C1CCCCC1. The highest BCUT2D eigenvalue weighted by atomic mass is 16.5. The Morgan fingerprint density at radius 3 is 1.95 bits per heavy atom. The maximum atomic E-state index is 7.16. The van der Waals surface area contributed by atoms with Gasteiger partial charge in [-0.05, 0) is 61.9 Å². The molecule has 3 aliphatic rings. The zero-order valence-corrected chi connectivity index (χ0v) is 25.3. The third-order valence-corrected chi connectivity index (χ3v) is 9.96. The summed E-state index contributed by atoms with van der Waals surface area (Å²) >= 11 is 0. The van der Waals surface area contributed by atoms with Crippen molar-refractivity contribution in [2.24, 2.45) is 16.8 Å². The molecule has 3 fully saturated rings. The Morgan fingerprint density at radius 2 is 1.40 bits per heavy atom. The van der Waals surface area contributed by atoms with Gasteiger partial charge < -0.3 is 4.65 Å². The molecular formula is C36H51BN2O. The molecule has 0 spiro atoms. The van der Waals surface area contributed by atoms with Gasteiger partial charge in [0.2, 0.25) is 0 Å². The molecule has 0 radical (unpaired) electrons. The van der Waals surface area contributed by atoms with E-state index >= 15 is 0 Å². The van der Waals surface area contributed by atoms with Gasteiger partial charge in [-0.1, -0.05) is 126 Å². The smallest absolute Gasteiger partial charge is 0.449 e. The van der Waals surface area contributed by atoms with Crippen LogP contribution in [0.25, 0.3) is 5.57 Å². The molecule has 214 valence electrons. The maximum absolute atomic E-state index is 7.16. The number of unbranched alkanes of at least 4 members (excludes halogenated alkanes) is 1. The minimum absolute atomic E-state index is 0.0558. The summed E-state index contributed by atoms with van der Waals surface area (Å²) < 4.78 is 7.16. The van der Waals surface area contributed by atoms with Gasteiger partial charge in [0.25, 0.3) is 0 Å². The molecule has 4 heteroatoms. The van der Waals surface area contributed by atoms with Crippen molar-refractivity contribution in [2.75, 3.05) is 0 Å². The van der Waals surface area contributed by atoms with E-state index in [9.17, 15) is 0 Å². The molecule has 2 saturated carbocycles. The molecule has 2 aromatic rings. The standard InChI is InChI=1S/C36H51BN2O/c1-4-5-26-37-39(29(3)31-20-12-7-13-21-31)34(27-38-28(2)30-18-10-6-11-19-30)36(40-37)35(32-22-14-8-15-23-32)33-24-16-9-17-25-33/h8-9,14-17,22-25,27-31,34H,4-7,10-13,18-21,26H2,1-3H3/t28-,29-,34?/m0/s1. The van der Waals surface area contributed by atoms with E-state index in [2.05, 4.69) is 92.5 Å². The number of hydrogen-bond donors (Lipinski definition) is 0. The fraction of sp³-hybridized carbons (Fsp3) is 0.583. The van der Waals surface area contributed by atoms with E-state index in [1.807, 2.05) is 0 Å². The fourth-order valence-electron chi connectivity index (χ4n) is 7.52. The van der Waals surface area contributed by atoms with Crippen molar-refractivity contribution >= 4 is 18.8 Å². The van der Waals surface area contributed by atoms with Crippen LogP contribution >= 0.6 is 0 Å². The van der Waals surface area contributed by atoms with Crippen LogP contribution in [0.3, 0.4) is 0 Å². The largest absolute Gasteiger partial charge is 0.547 e. The van der Waals surface area contributed by atoms with Gasteiger partial charge >= 0.3 is 7.05 Å². The Hall–Kier alpha value is -2.33. The highest BCUT2D eigenvalue weighted by Gasteiger charge is 2.47. The molecule has 2 aromatic carbocycles. The van der Waals surface area contributed by atoms with E-state index < -0.39 is 0 Å². The van der Waals surface area contributed by atoms with Gasteiger partial charge in [-0.2, -0.15) is 0 Å². The van der Waals surface area contributed by atoms with Crippen molar-refractivity contribution in [3.05, 3.63) is 77.5 Å². The van der Waals surface area contributed by atoms with Crippen LogP contribution in [-0.2, 0) is 4.65 Å². The van der Waals surface area contributed by atoms with Crippen LogP contribution in [0.2, 0.25) is 6.32 Å². The van der Waals surface area contributed by atoms with Gasteiger partial charge in [-0.3, -0.25) is 9.80 Å². The molecule has 5 rings (SSSR count). The molecule has 2 aliphatic carbocycles. The first-order valence-electron chi connectivity index (χ1n) is 16.5. The monoisotopic (exact) mass is 538 g/mol. The molecule has 1 heterocycles. The summed E-state index contributed by atoms with van der Waals surface area (Å²) in [5.74, 6) is 2.53. The summed E-state index contributed by atoms with van der Waals surface area (Å²) in [4.78, 5) is 8.10. The van der Waals surface area contributed by atoms with Gasteiger partial charge in [0.15, 0.2) is 0 Å². The summed E-state index contributed by atoms with van der Waals surface area (Å²) in [6.07, 6.45) is 19.3. The lowest BCUT2D eigenvalue weighted by Gasteiger charge is -2.37. The van der Waals surface area contributed by atoms with Gasteiger partial charge in [-0.15, -0.1) is 0 Å². The molecule has 1 saturated heterocycles. The first-order valence-corrected chi connectivity index (χ1v) is 16.5. The van der Waals surface area contributed by atoms with Crippen molar-refractivity contribution in [3.8, 4) is 0 Å². The van der Waals surface area contributed by atoms with Crippen molar-refractivity contribution in [3.63, 3.8) is 0 Å². The lowest BCUT2D eigenvalue weighted by atomic mass is 9.71. The number of rotatable bonds is 10. The van der Waals surface area contributed by atoms with Crippen LogP contribution in [-0.4, -0.2) is 36.2 Å². The van der Waals surface area contributed by atoms with E-state index in [-0.39, 0.29) is 13.1 Å². The maximum Gasteiger partial charge on any atom is 0.449 e. The van der Waals surface area contributed by atoms with E-state index in [1.165, 1.54) is 93.7 Å². The second kappa shape index (κ2) is 14.5. The van der Waals surface area contributed by atoms with Gasteiger partial charge in [0.05, 0.1) is 6.04 Å². The molecule has 1 aliphatic heterocycles. The van der Waals surface area contributed by atoms with Crippen LogP contribution in [0, 0.1) is 11.8 Å². The number of benzene rings is 2. The summed E-state index contributed by atoms with van der Waals surface area (Å²) in [7, 11) is 0.0933. The predicted molar refractivity (Wildman–Crippen MR) is 172 cm³/mol. The third-order valence-electron chi connectivity index (χ3n) is 9.96. The van der Waals surface area contributed by atoms with E-state index in [0.29, 0.717) is 18.0 Å². The molecule has 40 heavy (non-hydrogen) atoms. The Balaban J connectivity index is 1.60. The molecule has 3 atom stereocenters. The Kier molecular flexibility index (Phi) is 10.6. The minimum Gasteiger partial charge on any atom is -0.547 e. The van der Waals surface area contributed by atoms with Gasteiger partial charge in [0, 0.05) is 23.9 Å². The van der Waals surface area contributed by atoms with Gasteiger partial charge in [0.1, 0.15) is 5.76 Å². The quantitative estimate of drug-likeness (QED) is 0.222. The lowest BCUT2D eigenvalue weighted by molar-refractivity contribution is 0.204. The van der Waals surface area contributed by atoms with Crippen molar-refractivity contribution in [2.45, 2.75) is 122 Å². The van der Waals surface area contributed by atoms with Crippen LogP contribution in [0.5, 0.6) is 0 Å². The Morgan fingerprint density at radius 1 is 0.850 bits per heavy atom. The summed E-state index contributed by atoms with van der Waals surface area (Å²) in [6, 6.07) is 22.7. The zero-order valence-electron chi connectivity index (χ0n) is 25.3. The average Bonchev–Trinajstić information content (AvgIpc) is 3.38. The van der Waals surface area contributed by atoms with Crippen molar-refractivity contribution in [1.82, 2.24) is 4.81 Å². The summed E-state index contributed by atoms with van der Waals surface area (Å²) in [5.41, 5.74) is 3.68. The number of hydrogen-bond acceptors (Lipinski definition) is 3. The highest BCUT2D eigenvalue weighted by molar-refractivity contribution is 6.51. The van der Waals surface area contributed by atoms with Gasteiger partial charge in [-0.25, -0.2) is 0 Å². The fourth-order valence-corrected chi connectivity index (χ4v) is 7.52. The molecular weight excluding hydrogens is 487 g/mol. The number of nitrogens with zero attached hydrogens (tertiary/aromatic N) is 2. The highest BCUT2D eigenvalue weighted by Crippen LogP contribution is 2.40. The van der Waals surface area contributed by atoms with Crippen LogP contribution in [0.4, 0.5) is 0 Å². The molecule has 0 amide bonds. The lowest BCUT2D eigenvalue weighted by Crippen LogP contribution is -2.50. The van der Waals surface area contributed by atoms with Crippen LogP contribution in [0.1, 0.15) is 109 Å². The first kappa shape index (κ1) is 29.2. The zero-order chi connectivity index (χ0) is 27.7. The van der Waals surface area contributed by atoms with Crippen molar-refractivity contribution < 1.29 is 4.65 Å².